The summed E-state index contributed by atoms with van der Waals surface area (Å²) in [4.78, 5) is 8.60. The Kier molecular flexibility index (Phi) is 3.79. The summed E-state index contributed by atoms with van der Waals surface area (Å²) in [6, 6.07) is 2.42. The molecule has 1 aromatic heterocycles. The van der Waals surface area contributed by atoms with Gasteiger partial charge in [-0.2, -0.15) is 4.98 Å². The zero-order valence-corrected chi connectivity index (χ0v) is 11.0. The van der Waals surface area contributed by atoms with Gasteiger partial charge in [-0.25, -0.2) is 4.98 Å². The summed E-state index contributed by atoms with van der Waals surface area (Å²) in [5.74, 6) is 1.50. The van der Waals surface area contributed by atoms with Crippen molar-refractivity contribution in [3.05, 3.63) is 11.8 Å². The summed E-state index contributed by atoms with van der Waals surface area (Å²) >= 11 is 0. The number of nitrogens with zero attached hydrogens (tertiary/aromatic N) is 2. The number of nitrogens with one attached hydrogen (secondary N) is 1. The van der Waals surface area contributed by atoms with E-state index in [4.69, 9.17) is 15.2 Å². The van der Waals surface area contributed by atoms with Crippen molar-refractivity contribution in [2.75, 3.05) is 37.5 Å². The molecular formula is C13H20N4O2. The Morgan fingerprint density at radius 1 is 1.11 bits per heavy atom. The van der Waals surface area contributed by atoms with Crippen LogP contribution in [0.15, 0.2) is 6.07 Å². The zero-order valence-electron chi connectivity index (χ0n) is 11.0. The number of ether oxygens (including phenoxy) is 2. The Bertz CT molecular complexity index is 429. The maximum atomic E-state index is 5.80. The van der Waals surface area contributed by atoms with Gasteiger partial charge in [0.05, 0.1) is 12.3 Å². The molecule has 3 rings (SSSR count). The van der Waals surface area contributed by atoms with Crippen molar-refractivity contribution in [2.24, 2.45) is 0 Å². The van der Waals surface area contributed by atoms with Gasteiger partial charge < -0.3 is 20.5 Å². The number of rotatable bonds is 3. The van der Waals surface area contributed by atoms with E-state index in [9.17, 15) is 0 Å². The smallest absolute Gasteiger partial charge is 0.222 e. The largest absolute Gasteiger partial charge is 0.381 e. The van der Waals surface area contributed by atoms with E-state index in [-0.39, 0.29) is 0 Å². The van der Waals surface area contributed by atoms with E-state index in [1.807, 2.05) is 6.07 Å². The van der Waals surface area contributed by atoms with Crippen LogP contribution in [0.2, 0.25) is 0 Å². The van der Waals surface area contributed by atoms with Gasteiger partial charge in [0.2, 0.25) is 5.95 Å². The molecule has 19 heavy (non-hydrogen) atoms. The van der Waals surface area contributed by atoms with Crippen LogP contribution >= 0.6 is 0 Å². The number of aromatic nitrogens is 2. The standard InChI is InChI=1S/C13H20N4O2/c14-13-16-11(9-1-4-19-8-9)7-12(17-13)15-10-2-5-18-6-3-10/h7,9-10H,1-6,8H2,(H3,14,15,16,17)/t9-/m0/s1. The summed E-state index contributed by atoms with van der Waals surface area (Å²) in [5, 5.41) is 3.43. The number of nitrogens with two attached hydrogens (primary N) is 1. The van der Waals surface area contributed by atoms with Crippen molar-refractivity contribution in [2.45, 2.75) is 31.2 Å². The third kappa shape index (κ3) is 3.13. The fourth-order valence-corrected chi connectivity index (χ4v) is 2.59. The molecule has 0 aromatic carbocycles. The Morgan fingerprint density at radius 2 is 1.89 bits per heavy atom. The second-order valence-corrected chi connectivity index (χ2v) is 5.13. The minimum atomic E-state index is 0.332. The van der Waals surface area contributed by atoms with Gasteiger partial charge >= 0.3 is 0 Å². The van der Waals surface area contributed by atoms with Crippen LogP contribution in [-0.4, -0.2) is 42.4 Å². The molecule has 0 aliphatic carbocycles. The first kappa shape index (κ1) is 12.6. The normalized spacial score (nSPS) is 24.5. The van der Waals surface area contributed by atoms with Gasteiger partial charge in [-0.3, -0.25) is 0 Å². The van der Waals surface area contributed by atoms with E-state index >= 15 is 0 Å². The molecule has 0 amide bonds. The predicted molar refractivity (Wildman–Crippen MR) is 72.1 cm³/mol. The van der Waals surface area contributed by atoms with Crippen LogP contribution in [0.3, 0.4) is 0 Å². The topological polar surface area (TPSA) is 82.3 Å². The Balaban J connectivity index is 1.73. The lowest BCUT2D eigenvalue weighted by Gasteiger charge is -2.24. The fraction of sp³-hybridized carbons (Fsp3) is 0.692. The summed E-state index contributed by atoms with van der Waals surface area (Å²) < 4.78 is 10.8. The summed E-state index contributed by atoms with van der Waals surface area (Å²) in [7, 11) is 0. The van der Waals surface area contributed by atoms with Gasteiger partial charge in [-0.15, -0.1) is 0 Å². The summed E-state index contributed by atoms with van der Waals surface area (Å²) in [6.07, 6.45) is 3.02. The van der Waals surface area contributed by atoms with E-state index in [0.29, 0.717) is 17.9 Å². The van der Waals surface area contributed by atoms with Gasteiger partial charge in [-0.05, 0) is 19.3 Å². The molecule has 1 aromatic rings. The molecule has 104 valence electrons. The van der Waals surface area contributed by atoms with Crippen molar-refractivity contribution < 1.29 is 9.47 Å². The molecule has 0 saturated carbocycles. The number of hydrogen-bond donors (Lipinski definition) is 2. The minimum absolute atomic E-state index is 0.332. The van der Waals surface area contributed by atoms with Crippen LogP contribution in [0.4, 0.5) is 11.8 Å². The molecule has 2 saturated heterocycles. The molecule has 1 atom stereocenters. The first-order chi connectivity index (χ1) is 9.31. The quantitative estimate of drug-likeness (QED) is 0.852. The molecule has 2 fully saturated rings. The van der Waals surface area contributed by atoms with Crippen molar-refractivity contribution in [3.63, 3.8) is 0 Å². The molecule has 0 spiro atoms. The fourth-order valence-electron chi connectivity index (χ4n) is 2.59. The van der Waals surface area contributed by atoms with Crippen molar-refractivity contribution in [3.8, 4) is 0 Å². The van der Waals surface area contributed by atoms with Crippen molar-refractivity contribution in [1.29, 1.82) is 0 Å². The van der Waals surface area contributed by atoms with E-state index in [1.54, 1.807) is 0 Å². The third-order valence-corrected chi connectivity index (χ3v) is 3.68. The van der Waals surface area contributed by atoms with E-state index < -0.39 is 0 Å². The lowest BCUT2D eigenvalue weighted by atomic mass is 10.0. The maximum Gasteiger partial charge on any atom is 0.222 e. The first-order valence-electron chi connectivity index (χ1n) is 6.88. The average molecular weight is 264 g/mol. The highest BCUT2D eigenvalue weighted by atomic mass is 16.5. The first-order valence-corrected chi connectivity index (χ1v) is 6.88. The molecule has 2 aliphatic rings. The molecule has 3 heterocycles. The Labute approximate surface area is 112 Å². The second-order valence-electron chi connectivity index (χ2n) is 5.13. The van der Waals surface area contributed by atoms with Crippen LogP contribution in [0.1, 0.15) is 30.9 Å². The molecular weight excluding hydrogens is 244 g/mol. The Morgan fingerprint density at radius 3 is 2.63 bits per heavy atom. The van der Waals surface area contributed by atoms with Gasteiger partial charge in [0.25, 0.3) is 0 Å². The molecule has 2 aliphatic heterocycles. The van der Waals surface area contributed by atoms with E-state index in [0.717, 1.165) is 57.2 Å². The van der Waals surface area contributed by atoms with Gasteiger partial charge in [0, 0.05) is 37.8 Å². The zero-order chi connectivity index (χ0) is 13.1. The van der Waals surface area contributed by atoms with Crippen molar-refractivity contribution in [1.82, 2.24) is 9.97 Å². The monoisotopic (exact) mass is 264 g/mol. The van der Waals surface area contributed by atoms with Gasteiger partial charge in [-0.1, -0.05) is 0 Å². The van der Waals surface area contributed by atoms with Crippen LogP contribution in [0, 0.1) is 0 Å². The summed E-state index contributed by atoms with van der Waals surface area (Å²) in [6.45, 7) is 3.15. The maximum absolute atomic E-state index is 5.80. The number of anilines is 2. The molecule has 6 nitrogen and oxygen atoms in total. The van der Waals surface area contributed by atoms with Crippen molar-refractivity contribution >= 4 is 11.8 Å². The average Bonchev–Trinajstić information content (AvgIpc) is 2.93. The minimum Gasteiger partial charge on any atom is -0.381 e. The number of hydrogen-bond acceptors (Lipinski definition) is 6. The lowest BCUT2D eigenvalue weighted by Crippen LogP contribution is -2.28. The lowest BCUT2D eigenvalue weighted by molar-refractivity contribution is 0.0904. The summed E-state index contributed by atoms with van der Waals surface area (Å²) in [5.41, 5.74) is 6.79. The van der Waals surface area contributed by atoms with Gasteiger partial charge in [0.1, 0.15) is 5.82 Å². The third-order valence-electron chi connectivity index (χ3n) is 3.68. The van der Waals surface area contributed by atoms with E-state index in [2.05, 4.69) is 15.3 Å². The van der Waals surface area contributed by atoms with Gasteiger partial charge in [0.15, 0.2) is 0 Å². The highest BCUT2D eigenvalue weighted by Crippen LogP contribution is 2.26. The molecule has 3 N–H and O–H groups in total. The van der Waals surface area contributed by atoms with Crippen LogP contribution in [0.25, 0.3) is 0 Å². The molecule has 0 bridgehead atoms. The molecule has 0 unspecified atom stereocenters. The second kappa shape index (κ2) is 5.71. The molecule has 0 radical (unpaired) electrons. The van der Waals surface area contributed by atoms with Crippen LogP contribution in [0.5, 0.6) is 0 Å². The van der Waals surface area contributed by atoms with Crippen LogP contribution in [-0.2, 0) is 9.47 Å². The highest BCUT2D eigenvalue weighted by molar-refractivity contribution is 5.42. The Hall–Kier alpha value is -1.40. The highest BCUT2D eigenvalue weighted by Gasteiger charge is 2.21. The predicted octanol–water partition coefficient (Wildman–Crippen LogP) is 1.15. The SMILES string of the molecule is Nc1nc(NC2CCOCC2)cc([C@H]2CCOC2)n1. The van der Waals surface area contributed by atoms with E-state index in [1.165, 1.54) is 0 Å². The van der Waals surface area contributed by atoms with Crippen LogP contribution < -0.4 is 11.1 Å². The molecule has 6 heteroatoms. The number of nitrogen functional groups attached to an aromatic ring is 1.